The maximum Gasteiger partial charge on any atom is 0.341 e. The van der Waals surface area contributed by atoms with Gasteiger partial charge in [-0.15, -0.1) is 0 Å². The van der Waals surface area contributed by atoms with Crippen molar-refractivity contribution in [2.45, 2.75) is 20.8 Å². The molecule has 1 rings (SSSR count). The molecular formula is C13H20N2O4. The summed E-state index contributed by atoms with van der Waals surface area (Å²) in [7, 11) is 1.62. The number of carbonyl (C=O) groups is 1. The summed E-state index contributed by atoms with van der Waals surface area (Å²) in [5, 5.41) is 4.12. The van der Waals surface area contributed by atoms with E-state index in [0.29, 0.717) is 36.8 Å². The minimum atomic E-state index is -0.363. The molecule has 0 bridgehead atoms. The molecule has 0 aliphatic carbocycles. The molecule has 0 saturated carbocycles. The Bertz CT molecular complexity index is 451. The molecule has 0 N–H and O–H groups in total. The van der Waals surface area contributed by atoms with Crippen LogP contribution in [0.5, 0.6) is 0 Å². The van der Waals surface area contributed by atoms with Gasteiger partial charge in [0, 0.05) is 7.11 Å². The first kappa shape index (κ1) is 15.2. The van der Waals surface area contributed by atoms with Crippen LogP contribution in [0.1, 0.15) is 29.9 Å². The lowest BCUT2D eigenvalue weighted by atomic mass is 10.3. The lowest BCUT2D eigenvalue weighted by Gasteiger charge is -2.06. The normalized spacial score (nSPS) is 11.5. The van der Waals surface area contributed by atoms with Gasteiger partial charge in [-0.2, -0.15) is 5.10 Å². The van der Waals surface area contributed by atoms with Crippen LogP contribution in [0.2, 0.25) is 0 Å². The molecule has 6 nitrogen and oxygen atoms in total. The first-order valence-electron chi connectivity index (χ1n) is 6.11. The monoisotopic (exact) mass is 268 g/mol. The molecule has 0 radical (unpaired) electrons. The fourth-order valence-electron chi connectivity index (χ4n) is 1.46. The lowest BCUT2D eigenvalue weighted by molar-refractivity contribution is 0.0525. The van der Waals surface area contributed by atoms with Crippen LogP contribution in [0.15, 0.2) is 12.0 Å². The molecule has 0 saturated heterocycles. The van der Waals surface area contributed by atoms with Crippen molar-refractivity contribution in [3.63, 3.8) is 0 Å². The van der Waals surface area contributed by atoms with Crippen molar-refractivity contribution in [2.24, 2.45) is 0 Å². The van der Waals surface area contributed by atoms with E-state index in [9.17, 15) is 4.79 Å². The highest BCUT2D eigenvalue weighted by Crippen LogP contribution is 2.10. The molecule has 0 aliphatic rings. The lowest BCUT2D eigenvalue weighted by Crippen LogP contribution is -2.06. The predicted octanol–water partition coefficient (Wildman–Crippen LogP) is 1.85. The summed E-state index contributed by atoms with van der Waals surface area (Å²) in [6, 6.07) is 0. The van der Waals surface area contributed by atoms with E-state index in [0.717, 1.165) is 0 Å². The zero-order valence-corrected chi connectivity index (χ0v) is 11.8. The molecule has 106 valence electrons. The summed E-state index contributed by atoms with van der Waals surface area (Å²) in [5.41, 5.74) is 1.18. The van der Waals surface area contributed by atoms with E-state index >= 15 is 0 Å². The third kappa shape index (κ3) is 4.40. The molecule has 0 fully saturated rings. The average Bonchev–Trinajstić information content (AvgIpc) is 2.72. The molecule has 6 heteroatoms. The molecular weight excluding hydrogens is 248 g/mol. The topological polar surface area (TPSA) is 62.6 Å². The standard InChI is InChI=1S/C13H20N2O4/c1-5-18-13(16)12-8-14-15(11(12)3)9-10(2)19-7-6-17-4/h8-9H,5-7H2,1-4H3/b10-9+. The maximum absolute atomic E-state index is 11.6. The highest BCUT2D eigenvalue weighted by molar-refractivity contribution is 5.90. The molecule has 0 atom stereocenters. The summed E-state index contributed by atoms with van der Waals surface area (Å²) >= 11 is 0. The van der Waals surface area contributed by atoms with Gasteiger partial charge in [0.25, 0.3) is 0 Å². The van der Waals surface area contributed by atoms with E-state index in [2.05, 4.69) is 5.10 Å². The predicted molar refractivity (Wildman–Crippen MR) is 70.7 cm³/mol. The average molecular weight is 268 g/mol. The van der Waals surface area contributed by atoms with Crippen LogP contribution in [0, 0.1) is 6.92 Å². The van der Waals surface area contributed by atoms with Crippen LogP contribution in [-0.4, -0.2) is 42.7 Å². The summed E-state index contributed by atoms with van der Waals surface area (Å²) in [6.45, 7) is 6.74. The van der Waals surface area contributed by atoms with Gasteiger partial charge >= 0.3 is 5.97 Å². The van der Waals surface area contributed by atoms with Crippen molar-refractivity contribution in [1.29, 1.82) is 0 Å². The number of allylic oxidation sites excluding steroid dienone is 1. The first-order valence-corrected chi connectivity index (χ1v) is 6.11. The number of nitrogens with zero attached hydrogens (tertiary/aromatic N) is 2. The van der Waals surface area contributed by atoms with Gasteiger partial charge in [-0.25, -0.2) is 9.48 Å². The van der Waals surface area contributed by atoms with E-state index < -0.39 is 0 Å². The summed E-state index contributed by atoms with van der Waals surface area (Å²) in [4.78, 5) is 11.6. The van der Waals surface area contributed by atoms with Crippen molar-refractivity contribution in [2.75, 3.05) is 26.9 Å². The Labute approximate surface area is 113 Å². The number of ether oxygens (including phenoxy) is 3. The number of carbonyl (C=O) groups excluding carboxylic acids is 1. The van der Waals surface area contributed by atoms with Gasteiger partial charge in [0.15, 0.2) is 0 Å². The minimum absolute atomic E-state index is 0.346. The molecule has 0 aliphatic heterocycles. The van der Waals surface area contributed by atoms with Crippen molar-refractivity contribution >= 4 is 12.2 Å². The van der Waals surface area contributed by atoms with Crippen LogP contribution < -0.4 is 0 Å². The Hall–Kier alpha value is -1.82. The summed E-state index contributed by atoms with van der Waals surface area (Å²) in [5.74, 6) is 0.330. The molecule has 1 heterocycles. The number of aromatic nitrogens is 2. The van der Waals surface area contributed by atoms with Gasteiger partial charge in [-0.1, -0.05) is 0 Å². The van der Waals surface area contributed by atoms with Crippen molar-refractivity contribution < 1.29 is 19.0 Å². The van der Waals surface area contributed by atoms with Crippen LogP contribution in [0.3, 0.4) is 0 Å². The zero-order valence-electron chi connectivity index (χ0n) is 11.8. The number of hydrogen-bond donors (Lipinski definition) is 0. The molecule has 0 spiro atoms. The zero-order chi connectivity index (χ0) is 14.3. The fourth-order valence-corrected chi connectivity index (χ4v) is 1.46. The largest absolute Gasteiger partial charge is 0.494 e. The SMILES string of the molecule is CCOC(=O)c1cnn(/C=C(\C)OCCOC)c1C. The fraction of sp³-hybridized carbons (Fsp3) is 0.538. The van der Waals surface area contributed by atoms with Crippen molar-refractivity contribution in [3.05, 3.63) is 23.2 Å². The Kier molecular flexibility index (Phi) is 6.08. The number of methoxy groups -OCH3 is 1. The third-order valence-electron chi connectivity index (χ3n) is 2.46. The first-order chi connectivity index (χ1) is 9.10. The van der Waals surface area contributed by atoms with Crippen molar-refractivity contribution in [3.8, 4) is 0 Å². The molecule has 0 amide bonds. The Balaban J connectivity index is 2.74. The summed E-state index contributed by atoms with van der Waals surface area (Å²) < 4.78 is 16.8. The minimum Gasteiger partial charge on any atom is -0.494 e. The Morgan fingerprint density at radius 1 is 1.42 bits per heavy atom. The van der Waals surface area contributed by atoms with Gasteiger partial charge in [-0.05, 0) is 20.8 Å². The highest BCUT2D eigenvalue weighted by Gasteiger charge is 2.14. The second-order valence-corrected chi connectivity index (χ2v) is 3.89. The van der Waals surface area contributed by atoms with Crippen molar-refractivity contribution in [1.82, 2.24) is 9.78 Å². The second-order valence-electron chi connectivity index (χ2n) is 3.89. The molecule has 19 heavy (non-hydrogen) atoms. The highest BCUT2D eigenvalue weighted by atomic mass is 16.5. The molecule has 1 aromatic heterocycles. The van der Waals surface area contributed by atoms with Gasteiger partial charge in [0.2, 0.25) is 0 Å². The van der Waals surface area contributed by atoms with Crippen LogP contribution in [-0.2, 0) is 14.2 Å². The number of hydrogen-bond acceptors (Lipinski definition) is 5. The third-order valence-corrected chi connectivity index (χ3v) is 2.46. The van der Waals surface area contributed by atoms with Crippen LogP contribution in [0.4, 0.5) is 0 Å². The van der Waals surface area contributed by atoms with E-state index in [4.69, 9.17) is 14.2 Å². The molecule has 0 aromatic carbocycles. The van der Waals surface area contributed by atoms with Crippen LogP contribution >= 0.6 is 0 Å². The second kappa shape index (κ2) is 7.58. The van der Waals surface area contributed by atoms with E-state index in [1.54, 1.807) is 31.8 Å². The molecule has 1 aromatic rings. The smallest absolute Gasteiger partial charge is 0.341 e. The Morgan fingerprint density at radius 2 is 2.16 bits per heavy atom. The van der Waals surface area contributed by atoms with Gasteiger partial charge in [-0.3, -0.25) is 0 Å². The van der Waals surface area contributed by atoms with Gasteiger partial charge in [0.05, 0.1) is 31.3 Å². The van der Waals surface area contributed by atoms with Crippen LogP contribution in [0.25, 0.3) is 6.20 Å². The number of rotatable bonds is 7. The number of esters is 1. The Morgan fingerprint density at radius 3 is 2.79 bits per heavy atom. The quantitative estimate of drug-likeness (QED) is 0.429. The van der Waals surface area contributed by atoms with E-state index in [1.165, 1.54) is 6.20 Å². The van der Waals surface area contributed by atoms with Gasteiger partial charge < -0.3 is 14.2 Å². The van der Waals surface area contributed by atoms with E-state index in [1.807, 2.05) is 6.92 Å². The molecule has 0 unspecified atom stereocenters. The maximum atomic E-state index is 11.6. The van der Waals surface area contributed by atoms with Gasteiger partial charge in [0.1, 0.15) is 17.9 Å². The van der Waals surface area contributed by atoms with E-state index in [-0.39, 0.29) is 5.97 Å². The summed E-state index contributed by atoms with van der Waals surface area (Å²) in [6.07, 6.45) is 3.21.